The summed E-state index contributed by atoms with van der Waals surface area (Å²) in [6.45, 7) is 2.04. The van der Waals surface area contributed by atoms with E-state index in [-0.39, 0.29) is 11.4 Å². The predicted octanol–water partition coefficient (Wildman–Crippen LogP) is 3.47. The van der Waals surface area contributed by atoms with Crippen LogP contribution in [0.1, 0.15) is 18.1 Å². The number of fused-ring (bicyclic) bond motifs is 1. The van der Waals surface area contributed by atoms with Gasteiger partial charge in [0, 0.05) is 13.0 Å². The molecule has 0 fully saturated rings. The third kappa shape index (κ3) is 4.19. The maximum Gasteiger partial charge on any atom is 0.240 e. The minimum Gasteiger partial charge on any atom is -0.493 e. The van der Waals surface area contributed by atoms with Crippen molar-refractivity contribution in [1.82, 2.24) is 4.72 Å². The Balaban J connectivity index is 1.48. The smallest absolute Gasteiger partial charge is 0.240 e. The summed E-state index contributed by atoms with van der Waals surface area (Å²) in [5, 5.41) is 10.9. The van der Waals surface area contributed by atoms with Gasteiger partial charge in [-0.05, 0) is 47.4 Å². The topological polar surface area (TPSA) is 75.6 Å². The maximum absolute atomic E-state index is 12.7. The van der Waals surface area contributed by atoms with Crippen molar-refractivity contribution in [2.45, 2.75) is 23.8 Å². The predicted molar refractivity (Wildman–Crippen MR) is 112 cm³/mol. The van der Waals surface area contributed by atoms with Crippen LogP contribution in [0.3, 0.4) is 0 Å². The van der Waals surface area contributed by atoms with Gasteiger partial charge in [-0.3, -0.25) is 0 Å². The van der Waals surface area contributed by atoms with Crippen molar-refractivity contribution in [3.63, 3.8) is 0 Å². The van der Waals surface area contributed by atoms with Gasteiger partial charge < -0.3 is 9.84 Å². The van der Waals surface area contributed by atoms with E-state index in [4.69, 9.17) is 4.74 Å². The molecule has 1 aliphatic rings. The lowest BCUT2D eigenvalue weighted by molar-refractivity contribution is 0.0627. The number of rotatable bonds is 6. The Bertz CT molecular complexity index is 1110. The Hall–Kier alpha value is -2.67. The van der Waals surface area contributed by atoms with Gasteiger partial charge in [0.2, 0.25) is 10.0 Å². The van der Waals surface area contributed by atoms with Gasteiger partial charge in [-0.25, -0.2) is 13.1 Å². The molecule has 150 valence electrons. The number of nitrogens with one attached hydrogen (secondary N) is 1. The Morgan fingerprint density at radius 2 is 1.69 bits per heavy atom. The van der Waals surface area contributed by atoms with Crippen LogP contribution in [-0.4, -0.2) is 26.7 Å². The van der Waals surface area contributed by atoms with Crippen LogP contribution in [0.5, 0.6) is 5.75 Å². The van der Waals surface area contributed by atoms with E-state index in [0.29, 0.717) is 18.6 Å². The van der Waals surface area contributed by atoms with E-state index >= 15 is 0 Å². The van der Waals surface area contributed by atoms with Gasteiger partial charge >= 0.3 is 0 Å². The fraction of sp³-hybridized carbons (Fsp3) is 0.217. The average Bonchev–Trinajstić information content (AvgIpc) is 3.21. The summed E-state index contributed by atoms with van der Waals surface area (Å²) in [6.07, 6.45) is 0.699. The van der Waals surface area contributed by atoms with E-state index in [2.05, 4.69) is 4.72 Å². The Labute approximate surface area is 171 Å². The van der Waals surface area contributed by atoms with Crippen molar-refractivity contribution < 1.29 is 18.3 Å². The van der Waals surface area contributed by atoms with Gasteiger partial charge in [0.15, 0.2) is 0 Å². The molecular weight excluding hydrogens is 386 g/mol. The summed E-state index contributed by atoms with van der Waals surface area (Å²) in [4.78, 5) is 0.178. The van der Waals surface area contributed by atoms with Crippen LogP contribution in [0.25, 0.3) is 11.1 Å². The van der Waals surface area contributed by atoms with Crippen LogP contribution in [0.4, 0.5) is 0 Å². The van der Waals surface area contributed by atoms with Gasteiger partial charge in [0.1, 0.15) is 11.4 Å². The van der Waals surface area contributed by atoms with Gasteiger partial charge in [-0.15, -0.1) is 0 Å². The SMILES string of the molecule is CC(O)(CNS(=O)(=O)c1ccc2c(c1)CCO2)c1ccc(-c2ccccc2)cc1. The highest BCUT2D eigenvalue weighted by atomic mass is 32.2. The molecule has 5 nitrogen and oxygen atoms in total. The summed E-state index contributed by atoms with van der Waals surface area (Å²) < 4.78 is 33.3. The molecule has 0 radical (unpaired) electrons. The molecule has 0 spiro atoms. The van der Waals surface area contributed by atoms with E-state index in [0.717, 1.165) is 22.4 Å². The zero-order valence-corrected chi connectivity index (χ0v) is 16.9. The van der Waals surface area contributed by atoms with E-state index < -0.39 is 15.6 Å². The maximum atomic E-state index is 12.7. The highest BCUT2D eigenvalue weighted by Crippen LogP contribution is 2.28. The number of hydrogen-bond acceptors (Lipinski definition) is 4. The molecule has 0 saturated heterocycles. The van der Waals surface area contributed by atoms with Crippen molar-refractivity contribution in [1.29, 1.82) is 0 Å². The number of benzene rings is 3. The lowest BCUT2D eigenvalue weighted by Crippen LogP contribution is -2.38. The van der Waals surface area contributed by atoms with Crippen molar-refractivity contribution in [3.8, 4) is 16.9 Å². The Morgan fingerprint density at radius 3 is 2.41 bits per heavy atom. The second-order valence-electron chi connectivity index (χ2n) is 7.41. The van der Waals surface area contributed by atoms with Crippen molar-refractivity contribution in [3.05, 3.63) is 83.9 Å². The lowest BCUT2D eigenvalue weighted by atomic mass is 9.94. The summed E-state index contributed by atoms with van der Waals surface area (Å²) in [6, 6.07) is 22.3. The molecule has 1 unspecified atom stereocenters. The lowest BCUT2D eigenvalue weighted by Gasteiger charge is -2.24. The largest absolute Gasteiger partial charge is 0.493 e. The van der Waals surface area contributed by atoms with Crippen molar-refractivity contribution in [2.75, 3.05) is 13.2 Å². The normalized spacial score (nSPS) is 15.4. The minimum absolute atomic E-state index is 0.131. The molecule has 0 bridgehead atoms. The summed E-state index contributed by atoms with van der Waals surface area (Å²) in [5.74, 6) is 0.731. The summed E-state index contributed by atoms with van der Waals surface area (Å²) >= 11 is 0. The molecule has 29 heavy (non-hydrogen) atoms. The number of aliphatic hydroxyl groups is 1. The Morgan fingerprint density at radius 1 is 1.00 bits per heavy atom. The third-order valence-electron chi connectivity index (χ3n) is 5.19. The molecule has 3 aromatic rings. The first kappa shape index (κ1) is 19.6. The van der Waals surface area contributed by atoms with E-state index in [1.165, 1.54) is 6.07 Å². The number of hydrogen-bond donors (Lipinski definition) is 2. The molecule has 0 aliphatic carbocycles. The van der Waals surface area contributed by atoms with E-state index in [9.17, 15) is 13.5 Å². The molecule has 6 heteroatoms. The molecule has 3 aromatic carbocycles. The Kier molecular flexibility index (Phi) is 5.17. The van der Waals surface area contributed by atoms with Crippen LogP contribution in [0.15, 0.2) is 77.7 Å². The quantitative estimate of drug-likeness (QED) is 0.654. The minimum atomic E-state index is -3.74. The molecular formula is C23H23NO4S. The van der Waals surface area contributed by atoms with E-state index in [1.807, 2.05) is 54.6 Å². The molecule has 0 amide bonds. The highest BCUT2D eigenvalue weighted by Gasteiger charge is 2.27. The zero-order valence-electron chi connectivity index (χ0n) is 16.1. The van der Waals surface area contributed by atoms with Gasteiger partial charge in [0.25, 0.3) is 0 Å². The molecule has 0 aromatic heterocycles. The monoisotopic (exact) mass is 409 g/mol. The van der Waals surface area contributed by atoms with Crippen LogP contribution in [-0.2, 0) is 22.0 Å². The van der Waals surface area contributed by atoms with Crippen LogP contribution >= 0.6 is 0 Å². The van der Waals surface area contributed by atoms with Gasteiger partial charge in [0.05, 0.1) is 11.5 Å². The highest BCUT2D eigenvalue weighted by molar-refractivity contribution is 7.89. The zero-order chi connectivity index (χ0) is 20.5. The fourth-order valence-electron chi connectivity index (χ4n) is 3.40. The van der Waals surface area contributed by atoms with Crippen LogP contribution < -0.4 is 9.46 Å². The fourth-order valence-corrected chi connectivity index (χ4v) is 4.59. The number of ether oxygens (including phenoxy) is 1. The molecule has 1 heterocycles. The molecule has 4 rings (SSSR count). The first-order valence-electron chi connectivity index (χ1n) is 9.49. The standard InChI is InChI=1S/C23H23NO4S/c1-23(25,20-9-7-18(8-10-20)17-5-3-2-4-6-17)16-24-29(26,27)21-11-12-22-19(15-21)13-14-28-22/h2-12,15,24-25H,13-14,16H2,1H3. The number of sulfonamides is 1. The van der Waals surface area contributed by atoms with E-state index in [1.54, 1.807) is 19.1 Å². The first-order valence-corrected chi connectivity index (χ1v) is 11.0. The van der Waals surface area contributed by atoms with Crippen LogP contribution in [0.2, 0.25) is 0 Å². The van der Waals surface area contributed by atoms with Crippen LogP contribution in [0, 0.1) is 0 Å². The molecule has 1 atom stereocenters. The summed E-state index contributed by atoms with van der Waals surface area (Å²) in [5.41, 5.74) is 2.30. The second-order valence-corrected chi connectivity index (χ2v) is 9.18. The molecule has 1 aliphatic heterocycles. The third-order valence-corrected chi connectivity index (χ3v) is 6.59. The molecule has 0 saturated carbocycles. The average molecular weight is 410 g/mol. The summed E-state index contributed by atoms with van der Waals surface area (Å²) in [7, 11) is -3.74. The van der Waals surface area contributed by atoms with Crippen molar-refractivity contribution >= 4 is 10.0 Å². The molecule has 2 N–H and O–H groups in total. The van der Waals surface area contributed by atoms with Gasteiger partial charge in [-0.1, -0.05) is 54.6 Å². The second kappa shape index (κ2) is 7.63. The first-order chi connectivity index (χ1) is 13.9. The van der Waals surface area contributed by atoms with Gasteiger partial charge in [-0.2, -0.15) is 0 Å². The van der Waals surface area contributed by atoms with Crippen molar-refractivity contribution in [2.24, 2.45) is 0 Å².